The van der Waals surface area contributed by atoms with Crippen LogP contribution in [0.2, 0.25) is 0 Å². The Labute approximate surface area is 126 Å². The number of fused-ring (bicyclic) bond motifs is 1. The van der Waals surface area contributed by atoms with Crippen LogP contribution < -0.4 is 4.74 Å². The highest BCUT2D eigenvalue weighted by Gasteiger charge is 2.25. The van der Waals surface area contributed by atoms with E-state index in [2.05, 4.69) is 18.7 Å². The molecule has 1 aliphatic heterocycles. The number of hydrogen-bond acceptors (Lipinski definition) is 4. The standard InChI is InChI=1S/C15H23NO3.ClH/c1-3-5-16(6-4-2)12-7-11-8-13(17)14(18)9-15(11)19-10-12;/h8-9,12,17-18H,3-7,10H2,1-2H3;1H. The van der Waals surface area contributed by atoms with E-state index in [0.717, 1.165) is 37.9 Å². The maximum absolute atomic E-state index is 9.59. The second kappa shape index (κ2) is 7.60. The van der Waals surface area contributed by atoms with E-state index in [1.165, 1.54) is 6.07 Å². The van der Waals surface area contributed by atoms with Crippen molar-refractivity contribution in [3.8, 4) is 17.2 Å². The van der Waals surface area contributed by atoms with Crippen LogP contribution in [0.3, 0.4) is 0 Å². The van der Waals surface area contributed by atoms with Crippen molar-refractivity contribution in [2.24, 2.45) is 0 Å². The molecule has 1 heterocycles. The van der Waals surface area contributed by atoms with Crippen LogP contribution in [0.5, 0.6) is 17.2 Å². The number of hydrogen-bond donors (Lipinski definition) is 2. The molecule has 0 spiro atoms. The summed E-state index contributed by atoms with van der Waals surface area (Å²) in [6.45, 7) is 7.16. The highest BCUT2D eigenvalue weighted by Crippen LogP contribution is 2.36. The molecule has 0 bridgehead atoms. The van der Waals surface area contributed by atoms with E-state index in [1.54, 1.807) is 6.07 Å². The Morgan fingerprint density at radius 1 is 1.15 bits per heavy atom. The van der Waals surface area contributed by atoms with Gasteiger partial charge in [0, 0.05) is 12.1 Å². The van der Waals surface area contributed by atoms with Gasteiger partial charge in [-0.05, 0) is 44.0 Å². The fraction of sp³-hybridized carbons (Fsp3) is 0.600. The van der Waals surface area contributed by atoms with Gasteiger partial charge in [-0.1, -0.05) is 13.8 Å². The summed E-state index contributed by atoms with van der Waals surface area (Å²) in [6, 6.07) is 3.48. The van der Waals surface area contributed by atoms with Crippen LogP contribution in [-0.2, 0) is 6.42 Å². The smallest absolute Gasteiger partial charge is 0.161 e. The van der Waals surface area contributed by atoms with Gasteiger partial charge in [0.1, 0.15) is 12.4 Å². The van der Waals surface area contributed by atoms with Crippen molar-refractivity contribution in [1.29, 1.82) is 0 Å². The van der Waals surface area contributed by atoms with Crippen molar-refractivity contribution in [1.82, 2.24) is 4.90 Å². The third-order valence-corrected chi connectivity index (χ3v) is 3.58. The number of nitrogens with zero attached hydrogens (tertiary/aromatic N) is 1. The number of phenolic OH excluding ortho intramolecular Hbond substituents is 2. The number of halogens is 1. The van der Waals surface area contributed by atoms with Gasteiger partial charge in [0.05, 0.1) is 0 Å². The molecule has 2 rings (SSSR count). The van der Waals surface area contributed by atoms with Gasteiger partial charge in [-0.2, -0.15) is 0 Å². The summed E-state index contributed by atoms with van der Waals surface area (Å²) < 4.78 is 5.73. The van der Waals surface area contributed by atoms with E-state index in [9.17, 15) is 10.2 Å². The first-order valence-corrected chi connectivity index (χ1v) is 7.07. The minimum Gasteiger partial charge on any atom is -0.504 e. The molecule has 1 aromatic rings. The zero-order valence-corrected chi connectivity index (χ0v) is 12.9. The lowest BCUT2D eigenvalue weighted by molar-refractivity contribution is 0.118. The lowest BCUT2D eigenvalue weighted by atomic mass is 10.0. The zero-order chi connectivity index (χ0) is 13.8. The summed E-state index contributed by atoms with van der Waals surface area (Å²) in [7, 11) is 0. The minimum absolute atomic E-state index is 0. The Bertz CT molecular complexity index is 433. The monoisotopic (exact) mass is 301 g/mol. The molecule has 0 aliphatic carbocycles. The normalized spacial score (nSPS) is 17.2. The SMILES string of the molecule is CCCN(CCC)C1COc2cc(O)c(O)cc2C1.Cl. The second-order valence-corrected chi connectivity index (χ2v) is 5.15. The first kappa shape index (κ1) is 16.9. The first-order valence-electron chi connectivity index (χ1n) is 7.07. The summed E-state index contributed by atoms with van der Waals surface area (Å²) in [5, 5.41) is 19.1. The summed E-state index contributed by atoms with van der Waals surface area (Å²) in [6.07, 6.45) is 3.12. The molecule has 0 saturated carbocycles. The topological polar surface area (TPSA) is 52.9 Å². The van der Waals surface area contributed by atoms with Gasteiger partial charge in [0.25, 0.3) is 0 Å². The second-order valence-electron chi connectivity index (χ2n) is 5.15. The maximum atomic E-state index is 9.59. The summed E-state index contributed by atoms with van der Waals surface area (Å²) >= 11 is 0. The molecule has 1 unspecified atom stereocenters. The molecule has 114 valence electrons. The average molecular weight is 302 g/mol. The number of aromatic hydroxyl groups is 2. The fourth-order valence-corrected chi connectivity index (χ4v) is 2.68. The van der Waals surface area contributed by atoms with Gasteiger partial charge in [-0.15, -0.1) is 12.4 Å². The number of phenols is 2. The van der Waals surface area contributed by atoms with Gasteiger partial charge in [0.15, 0.2) is 11.5 Å². The number of ether oxygens (including phenoxy) is 1. The third kappa shape index (κ3) is 3.70. The Kier molecular flexibility index (Phi) is 6.43. The highest BCUT2D eigenvalue weighted by atomic mass is 35.5. The van der Waals surface area contributed by atoms with Crippen molar-refractivity contribution in [3.05, 3.63) is 17.7 Å². The van der Waals surface area contributed by atoms with Gasteiger partial charge < -0.3 is 14.9 Å². The predicted octanol–water partition coefficient (Wildman–Crippen LogP) is 2.95. The van der Waals surface area contributed by atoms with E-state index in [4.69, 9.17) is 4.74 Å². The van der Waals surface area contributed by atoms with Gasteiger partial charge in [-0.3, -0.25) is 4.90 Å². The van der Waals surface area contributed by atoms with E-state index >= 15 is 0 Å². The summed E-state index contributed by atoms with van der Waals surface area (Å²) in [4.78, 5) is 2.45. The van der Waals surface area contributed by atoms with Crippen molar-refractivity contribution in [3.63, 3.8) is 0 Å². The lowest BCUT2D eigenvalue weighted by Gasteiger charge is -2.34. The Hall–Kier alpha value is -1.13. The van der Waals surface area contributed by atoms with Crippen LogP contribution in [0, 0.1) is 0 Å². The lowest BCUT2D eigenvalue weighted by Crippen LogP contribution is -2.43. The molecule has 0 fully saturated rings. The molecule has 0 saturated heterocycles. The fourth-order valence-electron chi connectivity index (χ4n) is 2.68. The van der Waals surface area contributed by atoms with Crippen molar-refractivity contribution in [2.75, 3.05) is 19.7 Å². The van der Waals surface area contributed by atoms with Crippen molar-refractivity contribution >= 4 is 12.4 Å². The van der Waals surface area contributed by atoms with Crippen LogP contribution >= 0.6 is 12.4 Å². The molecule has 0 amide bonds. The Balaban J connectivity index is 0.00000200. The largest absolute Gasteiger partial charge is 0.504 e. The van der Waals surface area contributed by atoms with E-state index in [-0.39, 0.29) is 23.9 Å². The summed E-state index contributed by atoms with van der Waals surface area (Å²) in [5.74, 6) is 0.510. The molecule has 1 aromatic carbocycles. The molecular weight excluding hydrogens is 278 g/mol. The minimum atomic E-state index is -0.115. The van der Waals surface area contributed by atoms with Crippen molar-refractivity contribution in [2.45, 2.75) is 39.2 Å². The molecule has 20 heavy (non-hydrogen) atoms. The highest BCUT2D eigenvalue weighted by molar-refractivity contribution is 5.85. The molecule has 2 N–H and O–H groups in total. The molecule has 5 heteroatoms. The number of rotatable bonds is 5. The van der Waals surface area contributed by atoms with Crippen LogP contribution in [0.25, 0.3) is 0 Å². The molecule has 1 aliphatic rings. The Morgan fingerprint density at radius 2 is 1.75 bits per heavy atom. The van der Waals surface area contributed by atoms with Crippen LogP contribution in [0.15, 0.2) is 12.1 Å². The molecule has 1 atom stereocenters. The quantitative estimate of drug-likeness (QED) is 0.821. The van der Waals surface area contributed by atoms with E-state index < -0.39 is 0 Å². The van der Waals surface area contributed by atoms with Crippen molar-refractivity contribution < 1.29 is 14.9 Å². The third-order valence-electron chi connectivity index (χ3n) is 3.58. The molecule has 0 radical (unpaired) electrons. The van der Waals surface area contributed by atoms with E-state index in [1.807, 2.05) is 0 Å². The first-order chi connectivity index (χ1) is 9.15. The molecule has 4 nitrogen and oxygen atoms in total. The van der Waals surface area contributed by atoms with Gasteiger partial charge in [0.2, 0.25) is 0 Å². The Morgan fingerprint density at radius 3 is 2.35 bits per heavy atom. The van der Waals surface area contributed by atoms with Crippen LogP contribution in [-0.4, -0.2) is 40.9 Å². The predicted molar refractivity (Wildman–Crippen MR) is 82.2 cm³/mol. The summed E-state index contributed by atoms with van der Waals surface area (Å²) in [5.41, 5.74) is 0.976. The van der Waals surface area contributed by atoms with Crippen LogP contribution in [0.1, 0.15) is 32.3 Å². The zero-order valence-electron chi connectivity index (χ0n) is 12.1. The van der Waals surface area contributed by atoms with Gasteiger partial charge in [-0.25, -0.2) is 0 Å². The maximum Gasteiger partial charge on any atom is 0.161 e. The average Bonchev–Trinajstić information content (AvgIpc) is 2.39. The van der Waals surface area contributed by atoms with Gasteiger partial charge >= 0.3 is 0 Å². The molecule has 0 aromatic heterocycles. The van der Waals surface area contributed by atoms with E-state index in [0.29, 0.717) is 18.4 Å². The van der Waals surface area contributed by atoms with Crippen LogP contribution in [0.4, 0.5) is 0 Å². The molecular formula is C15H24ClNO3. The number of benzene rings is 1.